The van der Waals surface area contributed by atoms with Gasteiger partial charge in [-0.05, 0) is 31.2 Å². The normalized spacial score (nSPS) is 11.0. The van der Waals surface area contributed by atoms with Gasteiger partial charge in [-0.3, -0.25) is 10.2 Å². The molecule has 0 atom stereocenters. The number of nitrogens with zero attached hydrogens (tertiary/aromatic N) is 3. The van der Waals surface area contributed by atoms with E-state index in [9.17, 15) is 4.79 Å². The van der Waals surface area contributed by atoms with Gasteiger partial charge in [-0.1, -0.05) is 35.9 Å². The molecule has 4 aromatic rings. The molecule has 1 N–H and O–H groups in total. The molecule has 2 aromatic carbocycles. The second kappa shape index (κ2) is 6.31. The molecule has 0 fully saturated rings. The molecule has 124 valence electrons. The van der Waals surface area contributed by atoms with Crippen LogP contribution in [0.2, 0.25) is 5.02 Å². The highest BCUT2D eigenvalue weighted by atomic mass is 35.5. The zero-order chi connectivity index (χ0) is 17.4. The number of carbonyl (C=O) groups is 1. The lowest BCUT2D eigenvalue weighted by atomic mass is 10.2. The minimum atomic E-state index is -0.216. The van der Waals surface area contributed by atoms with Crippen LogP contribution in [0.25, 0.3) is 21.6 Å². The average Bonchev–Trinajstić information content (AvgIpc) is 3.19. The van der Waals surface area contributed by atoms with Gasteiger partial charge in [-0.2, -0.15) is 0 Å². The third kappa shape index (κ3) is 3.01. The Morgan fingerprint density at radius 3 is 2.88 bits per heavy atom. The van der Waals surface area contributed by atoms with E-state index < -0.39 is 0 Å². The fourth-order valence-electron chi connectivity index (χ4n) is 2.56. The minimum absolute atomic E-state index is 0.216. The first-order chi connectivity index (χ1) is 12.1. The smallest absolute Gasteiger partial charge is 0.266 e. The summed E-state index contributed by atoms with van der Waals surface area (Å²) in [5.74, 6) is -0.216. The number of imidazole rings is 1. The monoisotopic (exact) mass is 368 g/mol. The Labute approximate surface area is 152 Å². The van der Waals surface area contributed by atoms with E-state index in [0.717, 1.165) is 21.6 Å². The fraction of sp³-hybridized carbons (Fsp3) is 0.0556. The highest BCUT2D eigenvalue weighted by Gasteiger charge is 2.17. The first-order valence-electron chi connectivity index (χ1n) is 7.58. The molecule has 1 amide bonds. The first-order valence-corrected chi connectivity index (χ1v) is 8.78. The largest absolute Gasteiger partial charge is 0.282 e. The van der Waals surface area contributed by atoms with Crippen LogP contribution in [0.4, 0.5) is 0 Å². The van der Waals surface area contributed by atoms with Gasteiger partial charge in [0.2, 0.25) is 0 Å². The van der Waals surface area contributed by atoms with Crippen molar-refractivity contribution in [2.24, 2.45) is 0 Å². The second-order valence-corrected chi connectivity index (χ2v) is 6.92. The van der Waals surface area contributed by atoms with Crippen molar-refractivity contribution in [3.8, 4) is 10.6 Å². The Morgan fingerprint density at radius 2 is 2.04 bits per heavy atom. The molecule has 0 spiro atoms. The predicted octanol–water partition coefficient (Wildman–Crippen LogP) is 4.51. The van der Waals surface area contributed by atoms with Gasteiger partial charge >= 0.3 is 0 Å². The van der Waals surface area contributed by atoms with Gasteiger partial charge in [0.1, 0.15) is 16.2 Å². The summed E-state index contributed by atoms with van der Waals surface area (Å²) in [6.07, 6.45) is 1.59. The van der Waals surface area contributed by atoms with Crippen LogP contribution in [0.15, 0.2) is 54.9 Å². The molecule has 7 heteroatoms. The van der Waals surface area contributed by atoms with Crippen molar-refractivity contribution in [3.63, 3.8) is 0 Å². The molecule has 0 aliphatic rings. The van der Waals surface area contributed by atoms with Gasteiger partial charge in [0, 0.05) is 10.6 Å². The maximum atomic E-state index is 12.7. The predicted molar refractivity (Wildman–Crippen MR) is 101 cm³/mol. The van der Waals surface area contributed by atoms with E-state index in [-0.39, 0.29) is 5.91 Å². The van der Waals surface area contributed by atoms with Gasteiger partial charge in [-0.15, -0.1) is 11.3 Å². The highest BCUT2D eigenvalue weighted by molar-refractivity contribution is 7.17. The average molecular weight is 369 g/mol. The molecular formula is C18H13ClN4OS. The molecule has 0 saturated heterocycles. The van der Waals surface area contributed by atoms with Gasteiger partial charge in [0.25, 0.3) is 5.91 Å². The van der Waals surface area contributed by atoms with Crippen LogP contribution in [0.1, 0.15) is 15.4 Å². The van der Waals surface area contributed by atoms with E-state index in [1.165, 1.54) is 11.3 Å². The second-order valence-electron chi connectivity index (χ2n) is 5.49. The molecule has 0 bridgehead atoms. The van der Waals surface area contributed by atoms with E-state index in [2.05, 4.69) is 15.4 Å². The number of amides is 1. The van der Waals surface area contributed by atoms with Gasteiger partial charge in [-0.25, -0.2) is 14.6 Å². The number of fused-ring (bicyclic) bond motifs is 1. The van der Waals surface area contributed by atoms with Crippen LogP contribution >= 0.6 is 22.9 Å². The Hall–Kier alpha value is -2.70. The van der Waals surface area contributed by atoms with E-state index in [1.54, 1.807) is 11.0 Å². The molecule has 0 saturated carbocycles. The number of halogens is 1. The van der Waals surface area contributed by atoms with Crippen LogP contribution in [0.5, 0.6) is 0 Å². The summed E-state index contributed by atoms with van der Waals surface area (Å²) in [5, 5.41) is 1.40. The minimum Gasteiger partial charge on any atom is -0.266 e. The maximum absolute atomic E-state index is 12.7. The first kappa shape index (κ1) is 15.8. The van der Waals surface area contributed by atoms with Crippen LogP contribution in [0.3, 0.4) is 0 Å². The van der Waals surface area contributed by atoms with Gasteiger partial charge in [0.05, 0.1) is 16.7 Å². The van der Waals surface area contributed by atoms with Crippen molar-refractivity contribution in [3.05, 3.63) is 70.5 Å². The maximum Gasteiger partial charge on any atom is 0.282 e. The summed E-state index contributed by atoms with van der Waals surface area (Å²) in [6.45, 7) is 1.82. The topological polar surface area (TPSA) is 59.8 Å². The standard InChI is InChI=1S/C18H13ClN4OS/c1-11-16(25-18(21-11)12-5-4-6-13(19)9-12)17(24)22-23-10-20-14-7-2-3-8-15(14)23/h2-10H,1H3,(H,22,24). The highest BCUT2D eigenvalue weighted by Crippen LogP contribution is 2.29. The lowest BCUT2D eigenvalue weighted by molar-refractivity contribution is 0.101. The molecular weight excluding hydrogens is 356 g/mol. The number of rotatable bonds is 3. The molecule has 0 aliphatic carbocycles. The van der Waals surface area contributed by atoms with Crippen LogP contribution < -0.4 is 5.43 Å². The number of nitrogens with one attached hydrogen (secondary N) is 1. The Kier molecular flexibility index (Phi) is 3.99. The van der Waals surface area contributed by atoms with Crippen LogP contribution in [-0.4, -0.2) is 20.6 Å². The van der Waals surface area contributed by atoms with E-state index in [1.807, 2.05) is 55.5 Å². The Morgan fingerprint density at radius 1 is 1.20 bits per heavy atom. The summed E-state index contributed by atoms with van der Waals surface area (Å²) in [7, 11) is 0. The molecule has 0 unspecified atom stereocenters. The fourth-order valence-corrected chi connectivity index (χ4v) is 3.70. The summed E-state index contributed by atoms with van der Waals surface area (Å²) in [5.41, 5.74) is 6.10. The van der Waals surface area contributed by atoms with Crippen molar-refractivity contribution in [1.82, 2.24) is 14.6 Å². The van der Waals surface area contributed by atoms with Crippen molar-refractivity contribution in [1.29, 1.82) is 0 Å². The molecule has 5 nitrogen and oxygen atoms in total. The van der Waals surface area contributed by atoms with E-state index >= 15 is 0 Å². The van der Waals surface area contributed by atoms with Gasteiger partial charge < -0.3 is 0 Å². The Bertz CT molecular complexity index is 1090. The number of hydrogen-bond donors (Lipinski definition) is 1. The molecule has 2 aromatic heterocycles. The lowest BCUT2D eigenvalue weighted by Gasteiger charge is -2.05. The van der Waals surface area contributed by atoms with Crippen molar-refractivity contribution >= 4 is 39.9 Å². The number of aromatic nitrogens is 3. The van der Waals surface area contributed by atoms with Crippen molar-refractivity contribution in [2.75, 3.05) is 5.43 Å². The third-order valence-electron chi connectivity index (χ3n) is 3.75. The van der Waals surface area contributed by atoms with Crippen molar-refractivity contribution in [2.45, 2.75) is 6.92 Å². The molecule has 0 aliphatic heterocycles. The molecule has 25 heavy (non-hydrogen) atoms. The number of para-hydroxylation sites is 2. The van der Waals surface area contributed by atoms with E-state index in [0.29, 0.717) is 15.6 Å². The zero-order valence-electron chi connectivity index (χ0n) is 13.2. The SMILES string of the molecule is Cc1nc(-c2cccc(Cl)c2)sc1C(=O)Nn1cnc2ccccc21. The summed E-state index contributed by atoms with van der Waals surface area (Å²) >= 11 is 7.38. The quantitative estimate of drug-likeness (QED) is 0.579. The van der Waals surface area contributed by atoms with Gasteiger partial charge in [0.15, 0.2) is 0 Å². The van der Waals surface area contributed by atoms with E-state index in [4.69, 9.17) is 11.6 Å². The van der Waals surface area contributed by atoms with Crippen LogP contribution in [0, 0.1) is 6.92 Å². The summed E-state index contributed by atoms with van der Waals surface area (Å²) in [4.78, 5) is 22.0. The zero-order valence-corrected chi connectivity index (χ0v) is 14.8. The number of thiazole rings is 1. The number of carbonyl (C=O) groups excluding carboxylic acids is 1. The number of hydrogen-bond acceptors (Lipinski definition) is 4. The summed E-state index contributed by atoms with van der Waals surface area (Å²) in [6, 6.07) is 15.1. The van der Waals surface area contributed by atoms with Crippen molar-refractivity contribution < 1.29 is 4.79 Å². The number of aryl methyl sites for hydroxylation is 1. The lowest BCUT2D eigenvalue weighted by Crippen LogP contribution is -2.21. The van der Waals surface area contributed by atoms with Crippen LogP contribution in [-0.2, 0) is 0 Å². The molecule has 4 rings (SSSR count). The Balaban J connectivity index is 1.64. The summed E-state index contributed by atoms with van der Waals surface area (Å²) < 4.78 is 1.62. The molecule has 0 radical (unpaired) electrons. The third-order valence-corrected chi connectivity index (χ3v) is 5.19. The molecule has 2 heterocycles. The number of benzene rings is 2.